The molecule has 0 radical (unpaired) electrons. The number of piperidine rings is 2. The van der Waals surface area contributed by atoms with Gasteiger partial charge in [-0.05, 0) is 104 Å². The lowest BCUT2D eigenvalue weighted by Gasteiger charge is -2.38. The molecule has 1 amide bonds. The predicted molar refractivity (Wildman–Crippen MR) is 129 cm³/mol. The van der Waals surface area contributed by atoms with E-state index in [0.717, 1.165) is 74.0 Å². The van der Waals surface area contributed by atoms with Crippen molar-refractivity contribution < 1.29 is 14.7 Å². The summed E-state index contributed by atoms with van der Waals surface area (Å²) >= 11 is 0. The number of fused-ring (bicyclic) bond motifs is 2. The summed E-state index contributed by atoms with van der Waals surface area (Å²) in [5.74, 6) is 0.912. The van der Waals surface area contributed by atoms with Gasteiger partial charge in [-0.15, -0.1) is 0 Å². The van der Waals surface area contributed by atoms with Crippen molar-refractivity contribution in [2.75, 3.05) is 26.2 Å². The minimum atomic E-state index is -0.766. The number of benzene rings is 2. The average Bonchev–Trinajstić information content (AvgIpc) is 3.00. The van der Waals surface area contributed by atoms with Crippen molar-refractivity contribution >= 4 is 11.9 Å². The number of aliphatic carboxylic acids is 1. The van der Waals surface area contributed by atoms with E-state index in [4.69, 9.17) is 0 Å². The van der Waals surface area contributed by atoms with Gasteiger partial charge in [-0.3, -0.25) is 9.59 Å². The van der Waals surface area contributed by atoms with Gasteiger partial charge in [-0.1, -0.05) is 30.3 Å². The maximum absolute atomic E-state index is 13.3. The molecule has 0 spiro atoms. The van der Waals surface area contributed by atoms with Crippen LogP contribution in [0.25, 0.3) is 0 Å². The smallest absolute Gasteiger partial charge is 0.303 e. The highest BCUT2D eigenvalue weighted by atomic mass is 16.4. The number of amides is 1. The van der Waals surface area contributed by atoms with E-state index in [1.807, 2.05) is 23.1 Å². The lowest BCUT2D eigenvalue weighted by atomic mass is 9.79. The van der Waals surface area contributed by atoms with Gasteiger partial charge in [0.1, 0.15) is 0 Å². The van der Waals surface area contributed by atoms with Crippen LogP contribution in [0.15, 0.2) is 42.5 Å². The Balaban J connectivity index is 1.31. The van der Waals surface area contributed by atoms with Gasteiger partial charge in [0.2, 0.25) is 0 Å². The first kappa shape index (κ1) is 22.1. The number of carboxylic acids is 1. The lowest BCUT2D eigenvalue weighted by Crippen LogP contribution is -2.42. The van der Waals surface area contributed by atoms with Gasteiger partial charge >= 0.3 is 5.97 Å². The van der Waals surface area contributed by atoms with E-state index in [1.54, 1.807) is 0 Å². The maximum atomic E-state index is 13.3. The van der Waals surface area contributed by atoms with Crippen LogP contribution in [-0.4, -0.2) is 48.1 Å². The normalized spacial score (nSPS) is 21.7. The van der Waals surface area contributed by atoms with Crippen molar-refractivity contribution in [2.45, 2.75) is 50.9 Å². The number of rotatable bonds is 4. The maximum Gasteiger partial charge on any atom is 0.303 e. The van der Waals surface area contributed by atoms with Gasteiger partial charge in [-0.2, -0.15) is 0 Å². The number of carbonyl (C=O) groups is 2. The van der Waals surface area contributed by atoms with Crippen molar-refractivity contribution in [3.8, 4) is 0 Å². The first-order valence-electron chi connectivity index (χ1n) is 12.5. The fraction of sp³-hybridized carbons (Fsp3) is 0.500. The van der Waals surface area contributed by atoms with Crippen LogP contribution < -0.4 is 5.32 Å². The standard InChI is InChI=1S/C28H34N2O3/c31-27(32)18-25-15-21-5-6-23(17-24(21)16-22-3-1-2-4-26(22)25)28(33)30-13-9-20(10-14-30)19-7-11-29-12-8-19/h1-6,17,19-20,25,29H,7-16,18H2,(H,31,32). The van der Waals surface area contributed by atoms with E-state index in [1.165, 1.54) is 24.0 Å². The van der Waals surface area contributed by atoms with Gasteiger partial charge in [0.05, 0.1) is 6.42 Å². The summed E-state index contributed by atoms with van der Waals surface area (Å²) in [7, 11) is 0. The Morgan fingerprint density at radius 1 is 0.909 bits per heavy atom. The zero-order chi connectivity index (χ0) is 22.8. The third-order valence-electron chi connectivity index (χ3n) is 8.09. The second-order valence-corrected chi connectivity index (χ2v) is 10.1. The zero-order valence-electron chi connectivity index (χ0n) is 19.3. The summed E-state index contributed by atoms with van der Waals surface area (Å²) in [6.07, 6.45) is 6.36. The molecular weight excluding hydrogens is 412 g/mol. The number of carboxylic acid groups (broad SMARTS) is 1. The van der Waals surface area contributed by atoms with Crippen LogP contribution in [0.2, 0.25) is 0 Å². The Kier molecular flexibility index (Phi) is 6.50. The Morgan fingerprint density at radius 3 is 2.39 bits per heavy atom. The van der Waals surface area contributed by atoms with Crippen molar-refractivity contribution in [1.29, 1.82) is 0 Å². The number of likely N-dealkylation sites (tertiary alicyclic amines) is 1. The molecule has 5 rings (SSSR count). The molecule has 5 heteroatoms. The lowest BCUT2D eigenvalue weighted by molar-refractivity contribution is -0.137. The van der Waals surface area contributed by atoms with Crippen LogP contribution in [0, 0.1) is 11.8 Å². The van der Waals surface area contributed by atoms with E-state index in [0.29, 0.717) is 6.42 Å². The highest BCUT2D eigenvalue weighted by Crippen LogP contribution is 2.35. The summed E-state index contributed by atoms with van der Waals surface area (Å²) < 4.78 is 0. The molecule has 1 aliphatic carbocycles. The molecule has 0 saturated carbocycles. The van der Waals surface area contributed by atoms with Crippen molar-refractivity contribution in [1.82, 2.24) is 10.2 Å². The Hall–Kier alpha value is -2.66. The van der Waals surface area contributed by atoms with Crippen molar-refractivity contribution in [2.24, 2.45) is 11.8 Å². The van der Waals surface area contributed by atoms with Crippen LogP contribution in [0.1, 0.15) is 70.6 Å². The molecule has 2 aromatic rings. The molecule has 1 atom stereocenters. The fourth-order valence-corrected chi connectivity index (χ4v) is 6.26. The number of hydrogen-bond donors (Lipinski definition) is 2. The molecule has 3 aliphatic rings. The number of nitrogens with zero attached hydrogens (tertiary/aromatic N) is 1. The Labute approximate surface area is 196 Å². The van der Waals surface area contributed by atoms with Crippen LogP contribution in [-0.2, 0) is 17.6 Å². The molecule has 33 heavy (non-hydrogen) atoms. The molecule has 0 aromatic heterocycles. The molecule has 174 valence electrons. The monoisotopic (exact) mass is 446 g/mol. The second kappa shape index (κ2) is 9.68. The molecular formula is C28H34N2O3. The molecule has 2 aromatic carbocycles. The first-order valence-corrected chi connectivity index (χ1v) is 12.5. The summed E-state index contributed by atoms with van der Waals surface area (Å²) in [6, 6.07) is 14.2. The quantitative estimate of drug-likeness (QED) is 0.737. The fourth-order valence-electron chi connectivity index (χ4n) is 6.26. The molecule has 1 unspecified atom stereocenters. The minimum absolute atomic E-state index is 0.0319. The Morgan fingerprint density at radius 2 is 1.64 bits per heavy atom. The third-order valence-corrected chi connectivity index (χ3v) is 8.09. The highest BCUT2D eigenvalue weighted by Gasteiger charge is 2.30. The van der Waals surface area contributed by atoms with E-state index in [2.05, 4.69) is 29.6 Å². The molecule has 5 nitrogen and oxygen atoms in total. The van der Waals surface area contributed by atoms with Crippen LogP contribution >= 0.6 is 0 Å². The number of carbonyl (C=O) groups excluding carboxylic acids is 1. The molecule has 2 saturated heterocycles. The summed E-state index contributed by atoms with van der Waals surface area (Å²) in [5.41, 5.74) is 5.39. The van der Waals surface area contributed by atoms with E-state index in [9.17, 15) is 14.7 Å². The summed E-state index contributed by atoms with van der Waals surface area (Å²) in [5, 5.41) is 12.9. The minimum Gasteiger partial charge on any atom is -0.481 e. The van der Waals surface area contributed by atoms with Crippen LogP contribution in [0.5, 0.6) is 0 Å². The first-order chi connectivity index (χ1) is 16.1. The van der Waals surface area contributed by atoms with E-state index >= 15 is 0 Å². The largest absolute Gasteiger partial charge is 0.481 e. The molecule has 2 aliphatic heterocycles. The van der Waals surface area contributed by atoms with E-state index < -0.39 is 5.97 Å². The van der Waals surface area contributed by atoms with Crippen LogP contribution in [0.3, 0.4) is 0 Å². The second-order valence-electron chi connectivity index (χ2n) is 10.1. The van der Waals surface area contributed by atoms with Gasteiger partial charge < -0.3 is 15.3 Å². The number of hydrogen-bond acceptors (Lipinski definition) is 3. The van der Waals surface area contributed by atoms with Gasteiger partial charge in [0.15, 0.2) is 0 Å². The number of nitrogens with one attached hydrogen (secondary N) is 1. The molecule has 2 fully saturated rings. The predicted octanol–water partition coefficient (Wildman–Crippen LogP) is 4.24. The van der Waals surface area contributed by atoms with Gasteiger partial charge in [0, 0.05) is 18.7 Å². The SMILES string of the molecule is O=C(O)CC1Cc2ccc(C(=O)N3CCC(C4CCNCC4)CC3)cc2Cc2ccccc21. The highest BCUT2D eigenvalue weighted by molar-refractivity contribution is 5.94. The van der Waals surface area contributed by atoms with E-state index in [-0.39, 0.29) is 18.2 Å². The zero-order valence-corrected chi connectivity index (χ0v) is 19.3. The third kappa shape index (κ3) is 4.84. The molecule has 2 N–H and O–H groups in total. The topological polar surface area (TPSA) is 69.6 Å². The molecule has 0 bridgehead atoms. The van der Waals surface area contributed by atoms with Crippen LogP contribution in [0.4, 0.5) is 0 Å². The molecule has 2 heterocycles. The van der Waals surface area contributed by atoms with Gasteiger partial charge in [-0.25, -0.2) is 0 Å². The van der Waals surface area contributed by atoms with Gasteiger partial charge in [0.25, 0.3) is 5.91 Å². The van der Waals surface area contributed by atoms with Crippen molar-refractivity contribution in [3.05, 3.63) is 70.3 Å². The summed E-state index contributed by atoms with van der Waals surface area (Å²) in [6.45, 7) is 3.98. The summed E-state index contributed by atoms with van der Waals surface area (Å²) in [4.78, 5) is 26.9. The average molecular weight is 447 g/mol. The Bertz CT molecular complexity index is 1020. The van der Waals surface area contributed by atoms with Crippen molar-refractivity contribution in [3.63, 3.8) is 0 Å².